The zero-order valence-corrected chi connectivity index (χ0v) is 26.3. The molecule has 0 spiro atoms. The van der Waals surface area contributed by atoms with Crippen molar-refractivity contribution >= 4 is 40.8 Å². The Labute approximate surface area is 263 Å². The van der Waals surface area contributed by atoms with Crippen LogP contribution < -0.4 is 15.0 Å². The maximum atomic E-state index is 13.2. The number of ketones is 1. The molecule has 0 saturated heterocycles. The van der Waals surface area contributed by atoms with Gasteiger partial charge in [0.15, 0.2) is 5.78 Å². The maximum absolute atomic E-state index is 13.2. The molecule has 0 bridgehead atoms. The van der Waals surface area contributed by atoms with Gasteiger partial charge in [-0.1, -0.05) is 74.5 Å². The number of thioether (sulfide) groups is 1. The van der Waals surface area contributed by atoms with Crippen molar-refractivity contribution in [2.45, 2.75) is 31.2 Å². The molecular weight excluding hydrogens is 572 g/mol. The molecule has 0 aliphatic heterocycles. The van der Waals surface area contributed by atoms with E-state index in [1.165, 1.54) is 7.11 Å². The second-order valence-electron chi connectivity index (χ2n) is 10.5. The number of methoxy groups -OCH3 is 1. The van der Waals surface area contributed by atoms with Crippen LogP contribution in [0.1, 0.15) is 35.3 Å². The topological polar surface area (TPSA) is 84.9 Å². The Morgan fingerprint density at radius 1 is 0.864 bits per heavy atom. The molecule has 8 heteroatoms. The second kappa shape index (κ2) is 15.8. The maximum Gasteiger partial charge on any atom is 0.328 e. The first kappa shape index (κ1) is 32.4. The Bertz CT molecular complexity index is 1560. The van der Waals surface area contributed by atoms with Crippen molar-refractivity contribution in [2.24, 2.45) is 5.92 Å². The number of nitrogens with zero attached hydrogens (tertiary/aromatic N) is 1. The highest BCUT2D eigenvalue weighted by Crippen LogP contribution is 2.25. The smallest absolute Gasteiger partial charge is 0.328 e. The number of ether oxygens (including phenoxy) is 2. The fourth-order valence-corrected chi connectivity index (χ4v) is 5.20. The van der Waals surface area contributed by atoms with Gasteiger partial charge in [-0.15, -0.1) is 11.8 Å². The van der Waals surface area contributed by atoms with Crippen LogP contribution in [0.15, 0.2) is 108 Å². The van der Waals surface area contributed by atoms with Gasteiger partial charge in [-0.2, -0.15) is 0 Å². The molecule has 0 aliphatic rings. The Morgan fingerprint density at radius 3 is 2.25 bits per heavy atom. The van der Waals surface area contributed by atoms with E-state index >= 15 is 0 Å². The summed E-state index contributed by atoms with van der Waals surface area (Å²) in [6, 6.07) is 30.9. The summed E-state index contributed by atoms with van der Waals surface area (Å²) < 4.78 is 11.1. The van der Waals surface area contributed by atoms with Crippen molar-refractivity contribution in [3.05, 3.63) is 120 Å². The van der Waals surface area contributed by atoms with Crippen molar-refractivity contribution in [2.75, 3.05) is 36.7 Å². The molecule has 4 aromatic carbocycles. The molecule has 0 aliphatic carbocycles. The number of anilines is 2. The average molecular weight is 611 g/mol. The number of carbonyl (C=O) groups is 3. The molecule has 0 aromatic heterocycles. The van der Waals surface area contributed by atoms with E-state index in [1.54, 1.807) is 47.0 Å². The van der Waals surface area contributed by atoms with Gasteiger partial charge in [-0.25, -0.2) is 4.79 Å². The third kappa shape index (κ3) is 8.51. The van der Waals surface area contributed by atoms with Gasteiger partial charge in [0.25, 0.3) is 0 Å². The van der Waals surface area contributed by atoms with Gasteiger partial charge in [0.2, 0.25) is 5.91 Å². The fraction of sp³-hybridized carbons (Fsp3) is 0.250. The van der Waals surface area contributed by atoms with Crippen LogP contribution in [0.2, 0.25) is 0 Å². The first-order chi connectivity index (χ1) is 21.3. The Kier molecular flexibility index (Phi) is 11.6. The Hall–Kier alpha value is -4.56. The summed E-state index contributed by atoms with van der Waals surface area (Å²) in [7, 11) is 1.35. The van der Waals surface area contributed by atoms with Gasteiger partial charge in [0, 0.05) is 39.7 Å². The minimum absolute atomic E-state index is 0.0376. The molecule has 228 valence electrons. The normalized spacial score (nSPS) is 11.5. The molecule has 0 saturated carbocycles. The van der Waals surface area contributed by atoms with Crippen LogP contribution in [0.4, 0.5) is 11.4 Å². The summed E-state index contributed by atoms with van der Waals surface area (Å²) in [4.78, 5) is 41.8. The molecule has 0 unspecified atom stereocenters. The van der Waals surface area contributed by atoms with E-state index in [4.69, 9.17) is 9.47 Å². The first-order valence-electron chi connectivity index (χ1n) is 14.5. The third-order valence-corrected chi connectivity index (χ3v) is 7.82. The number of amides is 1. The average Bonchev–Trinajstić information content (AvgIpc) is 3.06. The molecule has 0 heterocycles. The molecule has 0 radical (unpaired) electrons. The van der Waals surface area contributed by atoms with Crippen LogP contribution in [0.5, 0.6) is 5.75 Å². The molecule has 1 N–H and O–H groups in total. The van der Waals surface area contributed by atoms with Crippen LogP contribution in [0, 0.1) is 5.92 Å². The van der Waals surface area contributed by atoms with Gasteiger partial charge in [-0.3, -0.25) is 9.59 Å². The highest BCUT2D eigenvalue weighted by atomic mass is 32.2. The number of para-hydroxylation sites is 1. The summed E-state index contributed by atoms with van der Waals surface area (Å²) in [6.45, 7) is 4.51. The SMILES string of the molecule is COC(=O)[C@H](Cc1ccc(OCCN(C(=O)C(C)C)c2cccc(SC)c2)cc1)Nc1ccccc1C(=O)c1ccccc1. The standard InChI is InChI=1S/C36H38N2O5S/c1-25(2)35(40)38(28-13-10-14-30(24-28)44-4)21-22-43-29-19-17-26(18-20-29)23-33(36(41)42-3)37-32-16-9-8-15-31(32)34(39)27-11-6-5-7-12-27/h5-20,24-25,33,37H,21-23H2,1-4H3/t33-/m0/s1. The van der Waals surface area contributed by atoms with Gasteiger partial charge in [0.05, 0.1) is 13.7 Å². The van der Waals surface area contributed by atoms with Crippen LogP contribution in [-0.4, -0.2) is 50.2 Å². The highest BCUT2D eigenvalue weighted by molar-refractivity contribution is 7.98. The molecule has 44 heavy (non-hydrogen) atoms. The lowest BCUT2D eigenvalue weighted by molar-refractivity contribution is -0.141. The van der Waals surface area contributed by atoms with Crippen molar-refractivity contribution in [3.63, 3.8) is 0 Å². The number of benzene rings is 4. The summed E-state index contributed by atoms with van der Waals surface area (Å²) >= 11 is 1.63. The van der Waals surface area contributed by atoms with Crippen molar-refractivity contribution < 1.29 is 23.9 Å². The van der Waals surface area contributed by atoms with E-state index in [-0.39, 0.29) is 17.6 Å². The molecule has 4 rings (SSSR count). The number of carbonyl (C=O) groups excluding carboxylic acids is 3. The fourth-order valence-electron chi connectivity index (χ4n) is 4.74. The predicted molar refractivity (Wildman–Crippen MR) is 177 cm³/mol. The second-order valence-corrected chi connectivity index (χ2v) is 11.4. The molecule has 7 nitrogen and oxygen atoms in total. The van der Waals surface area contributed by atoms with E-state index in [1.807, 2.05) is 92.9 Å². The lowest BCUT2D eigenvalue weighted by atomic mass is 10.00. The van der Waals surface area contributed by atoms with Crippen molar-refractivity contribution in [1.29, 1.82) is 0 Å². The molecule has 1 amide bonds. The number of hydrogen-bond donors (Lipinski definition) is 1. The lowest BCUT2D eigenvalue weighted by Gasteiger charge is -2.25. The van der Waals surface area contributed by atoms with Crippen molar-refractivity contribution in [3.8, 4) is 5.75 Å². The van der Waals surface area contributed by atoms with Gasteiger partial charge in [0.1, 0.15) is 18.4 Å². The van der Waals surface area contributed by atoms with Crippen LogP contribution in [0.3, 0.4) is 0 Å². The highest BCUT2D eigenvalue weighted by Gasteiger charge is 2.23. The van der Waals surface area contributed by atoms with Crippen LogP contribution in [0.25, 0.3) is 0 Å². The van der Waals surface area contributed by atoms with Crippen LogP contribution >= 0.6 is 11.8 Å². The zero-order valence-electron chi connectivity index (χ0n) is 25.5. The van der Waals surface area contributed by atoms with E-state index in [2.05, 4.69) is 5.32 Å². The third-order valence-electron chi connectivity index (χ3n) is 7.09. The largest absolute Gasteiger partial charge is 0.492 e. The van der Waals surface area contributed by atoms with Gasteiger partial charge < -0.3 is 19.7 Å². The number of rotatable bonds is 14. The predicted octanol–water partition coefficient (Wildman–Crippen LogP) is 6.90. The molecule has 1 atom stereocenters. The number of hydrogen-bond acceptors (Lipinski definition) is 7. The van der Waals surface area contributed by atoms with Gasteiger partial charge in [-0.05, 0) is 54.3 Å². The first-order valence-corrected chi connectivity index (χ1v) is 15.7. The summed E-state index contributed by atoms with van der Waals surface area (Å²) in [5, 5.41) is 3.24. The minimum Gasteiger partial charge on any atom is -0.492 e. The molecule has 0 fully saturated rings. The molecular formula is C36H38N2O5S. The number of esters is 1. The quantitative estimate of drug-likeness (QED) is 0.0944. The number of nitrogens with one attached hydrogen (secondary N) is 1. The van der Waals surface area contributed by atoms with Crippen LogP contribution in [-0.2, 0) is 20.7 Å². The molecule has 4 aromatic rings. The monoisotopic (exact) mass is 610 g/mol. The Morgan fingerprint density at radius 2 is 1.57 bits per heavy atom. The lowest BCUT2D eigenvalue weighted by Crippen LogP contribution is -2.37. The minimum atomic E-state index is -0.718. The zero-order chi connectivity index (χ0) is 31.5. The van der Waals surface area contributed by atoms with E-state index < -0.39 is 12.0 Å². The summed E-state index contributed by atoms with van der Waals surface area (Å²) in [6.07, 6.45) is 2.35. The summed E-state index contributed by atoms with van der Waals surface area (Å²) in [5.74, 6) is -0.0234. The Balaban J connectivity index is 1.42. The van der Waals surface area contributed by atoms with Gasteiger partial charge >= 0.3 is 5.97 Å². The van der Waals surface area contributed by atoms with Crippen molar-refractivity contribution in [1.82, 2.24) is 0 Å². The van der Waals surface area contributed by atoms with E-state index in [0.717, 1.165) is 16.1 Å². The summed E-state index contributed by atoms with van der Waals surface area (Å²) in [5.41, 5.74) is 3.33. The van der Waals surface area contributed by atoms with E-state index in [9.17, 15) is 14.4 Å². The van der Waals surface area contributed by atoms with E-state index in [0.29, 0.717) is 42.1 Å².